The Morgan fingerprint density at radius 2 is 2.00 bits per heavy atom. The van der Waals surface area contributed by atoms with Crippen LogP contribution in [0.15, 0.2) is 22.7 Å². The number of nitrogens with zero attached hydrogens (tertiary/aromatic N) is 1. The molecule has 1 aliphatic carbocycles. The van der Waals surface area contributed by atoms with Crippen molar-refractivity contribution in [2.45, 2.75) is 39.2 Å². The van der Waals surface area contributed by atoms with Gasteiger partial charge in [0.15, 0.2) is 5.76 Å². The summed E-state index contributed by atoms with van der Waals surface area (Å²) in [4.78, 5) is 0. The van der Waals surface area contributed by atoms with E-state index in [2.05, 4.69) is 23.4 Å². The molecule has 3 nitrogen and oxygen atoms in total. The van der Waals surface area contributed by atoms with Crippen molar-refractivity contribution in [3.63, 3.8) is 0 Å². The maximum atomic E-state index is 5.77. The third-order valence-corrected chi connectivity index (χ3v) is 3.80. The van der Waals surface area contributed by atoms with Crippen molar-refractivity contribution in [1.29, 1.82) is 0 Å². The number of rotatable bonds is 2. The second-order valence-corrected chi connectivity index (χ2v) is 4.97. The second-order valence-electron chi connectivity index (χ2n) is 4.97. The lowest BCUT2D eigenvalue weighted by molar-refractivity contribution is 0.426. The van der Waals surface area contributed by atoms with Gasteiger partial charge in [-0.3, -0.25) is 0 Å². The maximum Gasteiger partial charge on any atom is 0.171 e. The van der Waals surface area contributed by atoms with Crippen molar-refractivity contribution in [1.82, 2.24) is 5.16 Å². The summed E-state index contributed by atoms with van der Waals surface area (Å²) in [7, 11) is 0. The zero-order valence-electron chi connectivity index (χ0n) is 10.7. The maximum absolute atomic E-state index is 5.77. The Labute approximate surface area is 107 Å². The number of benzene rings is 1. The van der Waals surface area contributed by atoms with E-state index in [1.54, 1.807) is 0 Å². The first kappa shape index (κ1) is 11.5. The Morgan fingerprint density at radius 1 is 1.22 bits per heavy atom. The van der Waals surface area contributed by atoms with Crippen LogP contribution in [0.2, 0.25) is 0 Å². The largest absolute Gasteiger partial charge is 0.356 e. The first-order valence-electron chi connectivity index (χ1n) is 6.57. The van der Waals surface area contributed by atoms with Gasteiger partial charge in [-0.1, -0.05) is 17.3 Å². The van der Waals surface area contributed by atoms with Crippen LogP contribution in [0.25, 0.3) is 11.3 Å². The Morgan fingerprint density at radius 3 is 2.78 bits per heavy atom. The average Bonchev–Trinajstić information content (AvgIpc) is 2.79. The molecule has 0 bridgehead atoms. The standard InChI is InChI=1S/C15H18N2O/c1-10-14(9-16)15(18-17-10)13-7-6-11-4-2-3-5-12(11)8-13/h6-8H,2-5,9,16H2,1H3. The highest BCUT2D eigenvalue weighted by Gasteiger charge is 2.16. The van der Waals surface area contributed by atoms with Gasteiger partial charge in [0, 0.05) is 17.7 Å². The van der Waals surface area contributed by atoms with E-state index in [4.69, 9.17) is 10.3 Å². The van der Waals surface area contributed by atoms with Crippen LogP contribution in [0, 0.1) is 6.92 Å². The van der Waals surface area contributed by atoms with E-state index in [-0.39, 0.29) is 0 Å². The quantitative estimate of drug-likeness (QED) is 0.880. The van der Waals surface area contributed by atoms with Crippen molar-refractivity contribution in [2.75, 3.05) is 0 Å². The molecule has 1 aliphatic rings. The molecule has 0 saturated heterocycles. The first-order chi connectivity index (χ1) is 8.79. The molecule has 0 radical (unpaired) electrons. The monoisotopic (exact) mass is 242 g/mol. The molecular weight excluding hydrogens is 224 g/mol. The number of aryl methyl sites for hydroxylation is 3. The molecule has 0 atom stereocenters. The van der Waals surface area contributed by atoms with Gasteiger partial charge in [-0.15, -0.1) is 0 Å². The summed E-state index contributed by atoms with van der Waals surface area (Å²) in [5.41, 5.74) is 11.7. The Bertz CT molecular complexity index is 572. The molecule has 3 rings (SSSR count). The Balaban J connectivity index is 2.06. The fraction of sp³-hybridized carbons (Fsp3) is 0.400. The summed E-state index contributed by atoms with van der Waals surface area (Å²) in [6, 6.07) is 6.60. The van der Waals surface area contributed by atoms with E-state index in [1.807, 2.05) is 6.92 Å². The molecule has 1 heterocycles. The highest BCUT2D eigenvalue weighted by molar-refractivity contribution is 5.63. The van der Waals surface area contributed by atoms with Crippen molar-refractivity contribution < 1.29 is 4.52 Å². The topological polar surface area (TPSA) is 52.0 Å². The van der Waals surface area contributed by atoms with Gasteiger partial charge < -0.3 is 10.3 Å². The number of hydrogen-bond donors (Lipinski definition) is 1. The number of hydrogen-bond acceptors (Lipinski definition) is 3. The molecule has 0 unspecified atom stereocenters. The third-order valence-electron chi connectivity index (χ3n) is 3.80. The number of aromatic nitrogens is 1. The van der Waals surface area contributed by atoms with E-state index in [1.165, 1.54) is 36.8 Å². The van der Waals surface area contributed by atoms with E-state index in [0.29, 0.717) is 6.54 Å². The first-order valence-corrected chi connectivity index (χ1v) is 6.57. The minimum Gasteiger partial charge on any atom is -0.356 e. The van der Waals surface area contributed by atoms with Gasteiger partial charge in [0.2, 0.25) is 0 Å². The predicted molar refractivity (Wildman–Crippen MR) is 71.2 cm³/mol. The van der Waals surface area contributed by atoms with E-state index in [0.717, 1.165) is 22.6 Å². The van der Waals surface area contributed by atoms with Gasteiger partial charge in [0.1, 0.15) is 0 Å². The molecule has 18 heavy (non-hydrogen) atoms. The normalized spacial score (nSPS) is 14.6. The lowest BCUT2D eigenvalue weighted by Crippen LogP contribution is -2.03. The molecule has 0 aliphatic heterocycles. The lowest BCUT2D eigenvalue weighted by atomic mass is 9.89. The minimum absolute atomic E-state index is 0.474. The summed E-state index contributed by atoms with van der Waals surface area (Å²) in [6.07, 6.45) is 4.97. The number of nitrogens with two attached hydrogens (primary N) is 1. The molecule has 2 aromatic rings. The zero-order valence-corrected chi connectivity index (χ0v) is 10.7. The average molecular weight is 242 g/mol. The summed E-state index contributed by atoms with van der Waals surface area (Å²) in [5.74, 6) is 0.836. The van der Waals surface area contributed by atoms with Crippen LogP contribution in [0.4, 0.5) is 0 Å². The van der Waals surface area contributed by atoms with Crippen molar-refractivity contribution >= 4 is 0 Å². The van der Waals surface area contributed by atoms with Crippen LogP contribution >= 0.6 is 0 Å². The summed E-state index contributed by atoms with van der Waals surface area (Å²) in [5, 5.41) is 4.02. The fourth-order valence-electron chi connectivity index (χ4n) is 2.73. The van der Waals surface area contributed by atoms with Crippen LogP contribution in [0.5, 0.6) is 0 Å². The second kappa shape index (κ2) is 4.58. The molecule has 1 aromatic carbocycles. The van der Waals surface area contributed by atoms with Crippen LogP contribution in [0.1, 0.15) is 35.2 Å². The van der Waals surface area contributed by atoms with Crippen LogP contribution in [-0.2, 0) is 19.4 Å². The molecule has 0 amide bonds. The van der Waals surface area contributed by atoms with Gasteiger partial charge in [-0.2, -0.15) is 0 Å². The molecule has 0 spiro atoms. The zero-order chi connectivity index (χ0) is 12.5. The predicted octanol–water partition coefficient (Wildman–Crippen LogP) is 2.99. The van der Waals surface area contributed by atoms with E-state index < -0.39 is 0 Å². The summed E-state index contributed by atoms with van der Waals surface area (Å²) < 4.78 is 5.43. The van der Waals surface area contributed by atoms with Crippen LogP contribution in [-0.4, -0.2) is 5.16 Å². The third kappa shape index (κ3) is 1.85. The lowest BCUT2D eigenvalue weighted by Gasteiger charge is -2.16. The highest BCUT2D eigenvalue weighted by atomic mass is 16.5. The molecule has 94 valence electrons. The molecule has 2 N–H and O–H groups in total. The minimum atomic E-state index is 0.474. The Kier molecular flexibility index (Phi) is 2.92. The number of fused-ring (bicyclic) bond motifs is 1. The molecule has 0 fully saturated rings. The van der Waals surface area contributed by atoms with Crippen molar-refractivity contribution in [3.8, 4) is 11.3 Å². The van der Waals surface area contributed by atoms with Gasteiger partial charge in [0.05, 0.1) is 5.69 Å². The smallest absolute Gasteiger partial charge is 0.171 e. The van der Waals surface area contributed by atoms with Crippen LogP contribution in [0.3, 0.4) is 0 Å². The van der Waals surface area contributed by atoms with Gasteiger partial charge in [-0.25, -0.2) is 0 Å². The van der Waals surface area contributed by atoms with Crippen molar-refractivity contribution in [2.24, 2.45) is 5.73 Å². The van der Waals surface area contributed by atoms with Gasteiger partial charge in [0.25, 0.3) is 0 Å². The van der Waals surface area contributed by atoms with Gasteiger partial charge in [-0.05, 0) is 49.8 Å². The molecule has 1 aromatic heterocycles. The Hall–Kier alpha value is -1.61. The molecule has 0 saturated carbocycles. The summed E-state index contributed by atoms with van der Waals surface area (Å²) in [6.45, 7) is 2.41. The highest BCUT2D eigenvalue weighted by Crippen LogP contribution is 2.30. The SMILES string of the molecule is Cc1noc(-c2ccc3c(c2)CCCC3)c1CN. The molecular formula is C15H18N2O. The van der Waals surface area contributed by atoms with Crippen molar-refractivity contribution in [3.05, 3.63) is 40.6 Å². The van der Waals surface area contributed by atoms with E-state index in [9.17, 15) is 0 Å². The summed E-state index contributed by atoms with van der Waals surface area (Å²) >= 11 is 0. The fourth-order valence-corrected chi connectivity index (χ4v) is 2.73. The van der Waals surface area contributed by atoms with Gasteiger partial charge >= 0.3 is 0 Å². The van der Waals surface area contributed by atoms with E-state index >= 15 is 0 Å². The molecule has 3 heteroatoms. The van der Waals surface area contributed by atoms with Crippen LogP contribution < -0.4 is 5.73 Å².